The Hall–Kier alpha value is -0.600. The lowest BCUT2D eigenvalue weighted by Crippen LogP contribution is -2.02. The van der Waals surface area contributed by atoms with Crippen molar-refractivity contribution in [2.24, 2.45) is 0 Å². The van der Waals surface area contributed by atoms with Gasteiger partial charge in [-0.25, -0.2) is 0 Å². The number of carbonyl (C=O) groups is 1. The van der Waals surface area contributed by atoms with Gasteiger partial charge in [-0.05, 0) is 6.42 Å². The zero-order chi connectivity index (χ0) is 7.11. The van der Waals surface area contributed by atoms with Gasteiger partial charge in [0.1, 0.15) is 0 Å². The molecular weight excluding hydrogens is 135 g/mol. The van der Waals surface area contributed by atoms with Crippen molar-refractivity contribution in [2.45, 2.75) is 33.1 Å². The molecule has 0 radical (unpaired) electrons. The molecule has 0 N–H and O–H groups in total. The van der Waals surface area contributed by atoms with Crippen LogP contribution in [-0.2, 0) is 9.53 Å². The molecule has 0 saturated carbocycles. The van der Waals surface area contributed by atoms with Gasteiger partial charge in [0.2, 0.25) is 0 Å². The van der Waals surface area contributed by atoms with Gasteiger partial charge < -0.3 is 4.74 Å². The summed E-state index contributed by atoms with van der Waals surface area (Å²) in [7, 11) is 0. The van der Waals surface area contributed by atoms with E-state index in [0.29, 0.717) is 13.0 Å². The van der Waals surface area contributed by atoms with Crippen LogP contribution in [-0.4, -0.2) is 12.6 Å². The molecule has 0 aliphatic heterocycles. The number of hydrogen-bond donors (Lipinski definition) is 0. The zero-order valence-corrected chi connectivity index (χ0v) is 6.55. The van der Waals surface area contributed by atoms with Crippen LogP contribution < -0.4 is 0 Å². The van der Waals surface area contributed by atoms with Crippen LogP contribution in [0.3, 0.4) is 0 Å². The lowest BCUT2D eigenvalue weighted by atomic mass is 10.4. The summed E-state index contributed by atoms with van der Waals surface area (Å²) in [5, 5.41) is 0. The van der Waals surface area contributed by atoms with Crippen molar-refractivity contribution in [1.82, 2.24) is 0 Å². The van der Waals surface area contributed by atoms with E-state index in [9.17, 15) is 4.79 Å². The maximum absolute atomic E-state index is 10.5. The van der Waals surface area contributed by atoms with Crippen LogP contribution in [0.4, 0.5) is 4.70 Å². The highest BCUT2D eigenvalue weighted by molar-refractivity contribution is 5.68. The van der Waals surface area contributed by atoms with Gasteiger partial charge in [-0.1, -0.05) is 20.3 Å². The maximum Gasteiger partial charge on any atom is 0.305 e. The van der Waals surface area contributed by atoms with E-state index in [0.717, 1.165) is 12.8 Å². The number of hydrogen-bond acceptors (Lipinski definition) is 2. The minimum Gasteiger partial charge on any atom is -0.466 e. The first kappa shape index (κ1) is 12.1. The molecule has 10 heavy (non-hydrogen) atoms. The lowest BCUT2D eigenvalue weighted by Gasteiger charge is -1.99. The molecule has 0 aromatic heterocycles. The third-order valence-electron chi connectivity index (χ3n) is 1.05. The molecule has 0 aliphatic carbocycles. The Labute approximate surface area is 60.9 Å². The summed E-state index contributed by atoms with van der Waals surface area (Å²) in [5.41, 5.74) is 0. The molecule has 0 atom stereocenters. The Bertz CT molecular complexity index is 83.7. The highest BCUT2D eigenvalue weighted by Crippen LogP contribution is 1.90. The lowest BCUT2D eigenvalue weighted by molar-refractivity contribution is -0.143. The highest BCUT2D eigenvalue weighted by Gasteiger charge is 1.94. The second-order valence-corrected chi connectivity index (χ2v) is 1.93. The molecule has 0 rings (SSSR count). The van der Waals surface area contributed by atoms with Crippen molar-refractivity contribution >= 4 is 5.97 Å². The largest absolute Gasteiger partial charge is 0.466 e. The van der Waals surface area contributed by atoms with Gasteiger partial charge in [-0.2, -0.15) is 0 Å². The van der Waals surface area contributed by atoms with Crippen molar-refractivity contribution in [3.8, 4) is 0 Å². The first-order valence-electron chi connectivity index (χ1n) is 3.46. The Morgan fingerprint density at radius 3 is 2.40 bits per heavy atom. The molecule has 0 spiro atoms. The average Bonchev–Trinajstić information content (AvgIpc) is 1.89. The topological polar surface area (TPSA) is 26.3 Å². The summed E-state index contributed by atoms with van der Waals surface area (Å²) in [4.78, 5) is 10.5. The quantitative estimate of drug-likeness (QED) is 0.452. The number of halogens is 1. The average molecular weight is 150 g/mol. The summed E-state index contributed by atoms with van der Waals surface area (Å²) >= 11 is 0. The van der Waals surface area contributed by atoms with Crippen molar-refractivity contribution in [1.29, 1.82) is 0 Å². The van der Waals surface area contributed by atoms with Gasteiger partial charge in [0.15, 0.2) is 0 Å². The van der Waals surface area contributed by atoms with E-state index in [1.54, 1.807) is 6.92 Å². The van der Waals surface area contributed by atoms with Crippen molar-refractivity contribution in [3.63, 3.8) is 0 Å². The Morgan fingerprint density at radius 1 is 1.40 bits per heavy atom. The van der Waals surface area contributed by atoms with Crippen molar-refractivity contribution in [2.75, 3.05) is 6.61 Å². The number of carbonyl (C=O) groups excluding carboxylic acids is 1. The molecule has 0 aromatic carbocycles. The van der Waals surface area contributed by atoms with E-state index >= 15 is 0 Å². The monoisotopic (exact) mass is 150 g/mol. The second-order valence-electron chi connectivity index (χ2n) is 1.93. The molecular formula is C7H15FO2. The van der Waals surface area contributed by atoms with Gasteiger partial charge in [0, 0.05) is 6.42 Å². The number of unbranched alkanes of at least 4 members (excludes halogenated alkanes) is 1. The van der Waals surface area contributed by atoms with Crippen LogP contribution in [0.2, 0.25) is 0 Å². The summed E-state index contributed by atoms with van der Waals surface area (Å²) in [5.74, 6) is -0.0940. The normalized spacial score (nSPS) is 8.20. The van der Waals surface area contributed by atoms with Crippen LogP contribution in [0.5, 0.6) is 0 Å². The first-order chi connectivity index (χ1) is 4.31. The Kier molecular flexibility index (Phi) is 10.2. The summed E-state index contributed by atoms with van der Waals surface area (Å²) in [6.07, 6.45) is 2.55. The van der Waals surface area contributed by atoms with Crippen molar-refractivity contribution in [3.05, 3.63) is 0 Å². The second kappa shape index (κ2) is 8.40. The minimum atomic E-state index is -0.0940. The SMILES string of the molecule is CCCCOC(=O)CC.F. The van der Waals surface area contributed by atoms with E-state index in [-0.39, 0.29) is 10.7 Å². The van der Waals surface area contributed by atoms with E-state index < -0.39 is 0 Å². The molecule has 0 bridgehead atoms. The van der Waals surface area contributed by atoms with Crippen LogP contribution in [0.25, 0.3) is 0 Å². The van der Waals surface area contributed by atoms with E-state index in [1.165, 1.54) is 0 Å². The molecule has 0 amide bonds. The predicted molar refractivity (Wildman–Crippen MR) is 38.7 cm³/mol. The van der Waals surface area contributed by atoms with Crippen molar-refractivity contribution < 1.29 is 14.2 Å². The molecule has 0 fully saturated rings. The molecule has 0 saturated heterocycles. The Morgan fingerprint density at radius 2 is 2.00 bits per heavy atom. The highest BCUT2D eigenvalue weighted by atomic mass is 19.0. The fourth-order valence-corrected chi connectivity index (χ4v) is 0.432. The molecule has 0 aromatic rings. The molecule has 62 valence electrons. The summed E-state index contributed by atoms with van der Waals surface area (Å²) in [6.45, 7) is 4.46. The number of rotatable bonds is 4. The third-order valence-corrected chi connectivity index (χ3v) is 1.05. The first-order valence-corrected chi connectivity index (χ1v) is 3.46. The molecule has 0 heterocycles. The smallest absolute Gasteiger partial charge is 0.305 e. The molecule has 0 aliphatic rings. The van der Waals surface area contributed by atoms with Gasteiger partial charge >= 0.3 is 5.97 Å². The van der Waals surface area contributed by atoms with Crippen LogP contribution in [0, 0.1) is 0 Å². The third kappa shape index (κ3) is 7.40. The van der Waals surface area contributed by atoms with Crippen LogP contribution in [0.1, 0.15) is 33.1 Å². The fraction of sp³-hybridized carbons (Fsp3) is 0.857. The Balaban J connectivity index is 0. The summed E-state index contributed by atoms with van der Waals surface area (Å²) < 4.78 is 4.79. The molecule has 0 unspecified atom stereocenters. The van der Waals surface area contributed by atoms with Crippen LogP contribution in [0.15, 0.2) is 0 Å². The molecule has 2 nitrogen and oxygen atoms in total. The summed E-state index contributed by atoms with van der Waals surface area (Å²) in [6, 6.07) is 0. The van der Waals surface area contributed by atoms with E-state index in [1.807, 2.05) is 0 Å². The fourth-order valence-electron chi connectivity index (χ4n) is 0.432. The van der Waals surface area contributed by atoms with Gasteiger partial charge in [0.05, 0.1) is 6.61 Å². The van der Waals surface area contributed by atoms with E-state index in [4.69, 9.17) is 4.74 Å². The van der Waals surface area contributed by atoms with E-state index in [2.05, 4.69) is 6.92 Å². The van der Waals surface area contributed by atoms with Gasteiger partial charge in [0.25, 0.3) is 0 Å². The predicted octanol–water partition coefficient (Wildman–Crippen LogP) is 1.89. The minimum absolute atomic E-state index is 0. The number of esters is 1. The number of ether oxygens (including phenoxy) is 1. The van der Waals surface area contributed by atoms with Crippen LogP contribution >= 0.6 is 0 Å². The standard InChI is InChI=1S/C7H14O2.FH/c1-3-5-6-9-7(8)4-2;/h3-6H2,1-2H3;1H. The zero-order valence-electron chi connectivity index (χ0n) is 6.55. The van der Waals surface area contributed by atoms with Gasteiger partial charge in [-0.15, -0.1) is 0 Å². The maximum atomic E-state index is 10.5. The van der Waals surface area contributed by atoms with Gasteiger partial charge in [-0.3, -0.25) is 9.50 Å². The molecule has 3 heteroatoms.